The minimum atomic E-state index is -0.970. The van der Waals surface area contributed by atoms with Gasteiger partial charge < -0.3 is 25.2 Å². The van der Waals surface area contributed by atoms with Crippen molar-refractivity contribution < 1.29 is 28.7 Å². The third-order valence-corrected chi connectivity index (χ3v) is 13.5. The lowest BCUT2D eigenvalue weighted by molar-refractivity contribution is -0.136. The molecule has 0 bridgehead atoms. The average molecular weight is 866 g/mol. The molecular formula is C47H51N11O6. The third kappa shape index (κ3) is 8.05. The van der Waals surface area contributed by atoms with Crippen molar-refractivity contribution >= 4 is 46.5 Å². The van der Waals surface area contributed by atoms with Gasteiger partial charge in [-0.25, -0.2) is 19.4 Å². The van der Waals surface area contributed by atoms with Crippen LogP contribution in [0.25, 0.3) is 22.3 Å². The zero-order valence-electron chi connectivity index (χ0n) is 35.6. The van der Waals surface area contributed by atoms with Gasteiger partial charge in [-0.05, 0) is 105 Å². The van der Waals surface area contributed by atoms with Gasteiger partial charge in [-0.1, -0.05) is 24.3 Å². The number of likely N-dealkylation sites (tertiary alicyclic amines) is 2. The fourth-order valence-corrected chi connectivity index (χ4v) is 9.96. The monoisotopic (exact) mass is 865 g/mol. The van der Waals surface area contributed by atoms with E-state index in [4.69, 9.17) is 15.6 Å². The van der Waals surface area contributed by atoms with Crippen LogP contribution in [0.2, 0.25) is 0 Å². The van der Waals surface area contributed by atoms with Crippen molar-refractivity contribution in [3.63, 3.8) is 0 Å². The zero-order chi connectivity index (χ0) is 43.9. The number of nitrogen functional groups attached to an aromatic ring is 1. The van der Waals surface area contributed by atoms with Gasteiger partial charge >= 0.3 is 6.03 Å². The molecule has 7 heterocycles. The number of ether oxygens (including phenoxy) is 1. The standard InChI is InChI=1S/C47H51N11O6/c48-42-40-41(31-8-11-35(12-9-31)64-34-6-2-1-3-7-34)52-58(43(40)50-29-49-42)33-5-4-18-56(28-33)47(63)55-25-23-54(24-26-55)22-21-53-19-16-30(17-20-53)32-10-13-36-37(27-32)46(62)57(45(36)61)38-14-15-39(59)51-44(38)60/h1-3,6-13,27,29-30,33,38H,4-5,14-26,28H2,(H2,48,49,50)(H,51,59,60)/t33-,38?/m1/s1. The maximum atomic E-state index is 14.0. The van der Waals surface area contributed by atoms with E-state index in [1.165, 1.54) is 6.33 Å². The molecule has 17 nitrogen and oxygen atoms in total. The first-order chi connectivity index (χ1) is 31.2. The van der Waals surface area contributed by atoms with Gasteiger partial charge in [0.2, 0.25) is 11.8 Å². The summed E-state index contributed by atoms with van der Waals surface area (Å²) in [6, 6.07) is 21.9. The molecule has 17 heteroatoms. The minimum Gasteiger partial charge on any atom is -0.457 e. The number of nitrogens with one attached hydrogen (secondary N) is 1. The zero-order valence-corrected chi connectivity index (χ0v) is 35.6. The first-order valence-corrected chi connectivity index (χ1v) is 22.3. The summed E-state index contributed by atoms with van der Waals surface area (Å²) in [5.41, 5.74) is 10.3. The molecule has 5 aliphatic rings. The van der Waals surface area contributed by atoms with E-state index >= 15 is 0 Å². The number of carbonyl (C=O) groups excluding carboxylic acids is 5. The number of fused-ring (bicyclic) bond motifs is 2. The van der Waals surface area contributed by atoms with Crippen LogP contribution >= 0.6 is 0 Å². The Hall–Kier alpha value is -6.72. The van der Waals surface area contributed by atoms with Crippen LogP contribution in [0.3, 0.4) is 0 Å². The van der Waals surface area contributed by atoms with Crippen molar-refractivity contribution in [2.24, 2.45) is 0 Å². The Morgan fingerprint density at radius 2 is 1.47 bits per heavy atom. The van der Waals surface area contributed by atoms with Gasteiger partial charge in [0, 0.05) is 64.3 Å². The van der Waals surface area contributed by atoms with Crippen molar-refractivity contribution in [3.8, 4) is 22.8 Å². The Balaban J connectivity index is 0.705. The number of para-hydroxylation sites is 1. The molecule has 2 atom stereocenters. The molecule has 3 N–H and O–H groups in total. The maximum Gasteiger partial charge on any atom is 0.320 e. The van der Waals surface area contributed by atoms with E-state index in [0.29, 0.717) is 65.6 Å². The highest BCUT2D eigenvalue weighted by atomic mass is 16.5. The molecule has 0 saturated carbocycles. The molecule has 4 saturated heterocycles. The van der Waals surface area contributed by atoms with E-state index < -0.39 is 29.7 Å². The van der Waals surface area contributed by atoms with Gasteiger partial charge in [0.15, 0.2) is 5.65 Å². The summed E-state index contributed by atoms with van der Waals surface area (Å²) in [5, 5.41) is 8.02. The minimum absolute atomic E-state index is 0.0625. The second-order valence-corrected chi connectivity index (χ2v) is 17.4. The summed E-state index contributed by atoms with van der Waals surface area (Å²) >= 11 is 0. The van der Waals surface area contributed by atoms with E-state index in [0.717, 1.165) is 86.7 Å². The van der Waals surface area contributed by atoms with Crippen molar-refractivity contribution in [1.29, 1.82) is 0 Å². The molecule has 0 spiro atoms. The summed E-state index contributed by atoms with van der Waals surface area (Å²) in [5.74, 6) is 0.141. The molecule has 10 rings (SSSR count). The summed E-state index contributed by atoms with van der Waals surface area (Å²) < 4.78 is 7.94. The number of nitrogens with zero attached hydrogens (tertiary/aromatic N) is 9. The van der Waals surface area contributed by atoms with Crippen molar-refractivity contribution in [1.82, 2.24) is 49.6 Å². The van der Waals surface area contributed by atoms with Gasteiger partial charge in [0.25, 0.3) is 11.8 Å². The van der Waals surface area contributed by atoms with E-state index in [1.54, 1.807) is 6.07 Å². The summed E-state index contributed by atoms with van der Waals surface area (Å²) in [4.78, 5) is 83.5. The second kappa shape index (κ2) is 17.4. The third-order valence-electron chi connectivity index (χ3n) is 13.5. The molecular weight excluding hydrogens is 815 g/mol. The normalized spacial score (nSPS) is 21.4. The maximum absolute atomic E-state index is 14.0. The van der Waals surface area contributed by atoms with Crippen LogP contribution in [0.1, 0.15) is 76.8 Å². The number of carbonyl (C=O) groups is 5. The molecule has 5 aromatic rings. The molecule has 4 fully saturated rings. The van der Waals surface area contributed by atoms with Crippen LogP contribution in [-0.2, 0) is 9.59 Å². The fourth-order valence-electron chi connectivity index (χ4n) is 9.96. The first kappa shape index (κ1) is 41.3. The number of benzene rings is 3. The molecule has 1 unspecified atom stereocenters. The van der Waals surface area contributed by atoms with Gasteiger partial charge in [-0.3, -0.25) is 34.3 Å². The Morgan fingerprint density at radius 1 is 0.750 bits per heavy atom. The Labute approximate surface area is 370 Å². The largest absolute Gasteiger partial charge is 0.457 e. The predicted molar refractivity (Wildman–Crippen MR) is 236 cm³/mol. The summed E-state index contributed by atoms with van der Waals surface area (Å²) in [6.45, 7) is 7.90. The van der Waals surface area contributed by atoms with Crippen molar-refractivity contribution in [2.75, 3.05) is 71.2 Å². The fraction of sp³-hybridized carbons (Fsp3) is 0.404. The van der Waals surface area contributed by atoms with Crippen LogP contribution in [0.15, 0.2) is 79.1 Å². The number of aromatic nitrogens is 4. The lowest BCUT2D eigenvalue weighted by Gasteiger charge is -2.41. The SMILES string of the molecule is Nc1ncnc2c1c(-c1ccc(Oc3ccccc3)cc1)nn2[C@@H]1CCCN(C(=O)N2CCN(CCN3CCC(c4ccc5c(c4)C(=O)N(C4CCC(=O)NC4=O)C5=O)CC3)CC2)C1. The average Bonchev–Trinajstić information content (AvgIpc) is 3.84. The van der Waals surface area contributed by atoms with E-state index in [1.807, 2.05) is 81.2 Å². The van der Waals surface area contributed by atoms with Crippen molar-refractivity contribution in [3.05, 3.63) is 95.8 Å². The van der Waals surface area contributed by atoms with Crippen LogP contribution in [0, 0.1) is 0 Å². The number of urea groups is 1. The second-order valence-electron chi connectivity index (χ2n) is 17.4. The number of nitrogens with two attached hydrogens (primary N) is 1. The quantitative estimate of drug-likeness (QED) is 0.197. The van der Waals surface area contributed by atoms with E-state index in [2.05, 4.69) is 25.1 Å². The first-order valence-electron chi connectivity index (χ1n) is 22.3. The molecule has 2 aromatic heterocycles. The van der Waals surface area contributed by atoms with Gasteiger partial charge in [-0.15, -0.1) is 0 Å². The van der Waals surface area contributed by atoms with E-state index in [9.17, 15) is 24.0 Å². The molecule has 3 aromatic carbocycles. The van der Waals surface area contributed by atoms with Gasteiger partial charge in [-0.2, -0.15) is 5.10 Å². The molecule has 0 aliphatic carbocycles. The smallest absolute Gasteiger partial charge is 0.320 e. The molecule has 330 valence electrons. The summed E-state index contributed by atoms with van der Waals surface area (Å²) in [7, 11) is 0. The number of imide groups is 2. The number of hydrogen-bond donors (Lipinski definition) is 2. The van der Waals surface area contributed by atoms with Crippen molar-refractivity contribution in [2.45, 2.75) is 56.5 Å². The number of piperidine rings is 3. The topological polar surface area (TPSA) is 192 Å². The predicted octanol–water partition coefficient (Wildman–Crippen LogP) is 4.52. The highest BCUT2D eigenvalue weighted by molar-refractivity contribution is 6.23. The lowest BCUT2D eigenvalue weighted by atomic mass is 9.88. The molecule has 0 radical (unpaired) electrons. The number of rotatable bonds is 9. The molecule has 5 aliphatic heterocycles. The van der Waals surface area contributed by atoms with Crippen LogP contribution < -0.4 is 15.8 Å². The number of amides is 6. The summed E-state index contributed by atoms with van der Waals surface area (Å²) in [6.07, 6.45) is 5.28. The van der Waals surface area contributed by atoms with Crippen LogP contribution in [0.4, 0.5) is 10.6 Å². The highest BCUT2D eigenvalue weighted by Gasteiger charge is 2.45. The Kier molecular flexibility index (Phi) is 11.3. The number of piperazine rings is 1. The number of hydrogen-bond acceptors (Lipinski definition) is 12. The Bertz CT molecular complexity index is 2600. The number of anilines is 1. The van der Waals surface area contributed by atoms with Crippen LogP contribution in [-0.4, -0.2) is 145 Å². The molecule has 6 amide bonds. The van der Waals surface area contributed by atoms with Gasteiger partial charge in [0.1, 0.15) is 35.4 Å². The highest BCUT2D eigenvalue weighted by Crippen LogP contribution is 2.36. The van der Waals surface area contributed by atoms with E-state index in [-0.39, 0.29) is 30.8 Å². The lowest BCUT2D eigenvalue weighted by Crippen LogP contribution is -2.55. The molecule has 64 heavy (non-hydrogen) atoms. The van der Waals surface area contributed by atoms with Gasteiger partial charge in [0.05, 0.1) is 22.6 Å². The Morgan fingerprint density at radius 3 is 2.22 bits per heavy atom. The van der Waals surface area contributed by atoms with Crippen LogP contribution in [0.5, 0.6) is 11.5 Å².